The Bertz CT molecular complexity index is 1700. The Morgan fingerprint density at radius 2 is 1.71 bits per heavy atom. The highest BCUT2D eigenvalue weighted by Crippen LogP contribution is 2.40. The minimum atomic E-state index is -4.10. The molecule has 2 N–H and O–H groups in total. The fourth-order valence-electron chi connectivity index (χ4n) is 4.48. The van der Waals surface area contributed by atoms with E-state index in [4.69, 9.17) is 22.1 Å². The quantitative estimate of drug-likeness (QED) is 0.344. The summed E-state index contributed by atoms with van der Waals surface area (Å²) in [6, 6.07) is 10.7. The first kappa shape index (κ1) is 23.9. The molecule has 1 aliphatic heterocycles. The molecule has 0 spiro atoms. The van der Waals surface area contributed by atoms with E-state index >= 15 is 0 Å². The van der Waals surface area contributed by atoms with Crippen molar-refractivity contribution in [3.8, 4) is 5.75 Å². The van der Waals surface area contributed by atoms with E-state index in [0.717, 1.165) is 0 Å². The van der Waals surface area contributed by atoms with E-state index in [1.54, 1.807) is 64.3 Å². The number of likely N-dealkylation sites (N-methyl/N-ethyl adjacent to an activating group) is 1. The lowest BCUT2D eigenvalue weighted by Gasteiger charge is -2.48. The molecular formula is C31H37N3O6S. The maximum Gasteiger partial charge on any atom is 0.324 e. The van der Waals surface area contributed by atoms with Crippen LogP contribution in [0.3, 0.4) is 0 Å². The van der Waals surface area contributed by atoms with Crippen molar-refractivity contribution in [3.63, 3.8) is 0 Å². The van der Waals surface area contributed by atoms with Gasteiger partial charge >= 0.3 is 5.97 Å². The molecule has 3 aromatic carbocycles. The number of sulfonamides is 1. The molecule has 1 amide bonds. The summed E-state index contributed by atoms with van der Waals surface area (Å²) in [4.78, 5) is 26.5. The molecule has 218 valence electrons. The van der Waals surface area contributed by atoms with Crippen LogP contribution in [-0.2, 0) is 36.4 Å². The van der Waals surface area contributed by atoms with Crippen LogP contribution in [0.4, 0.5) is 0 Å². The maximum absolute atomic E-state index is 13.8. The monoisotopic (exact) mass is 584 g/mol. The van der Waals surface area contributed by atoms with Gasteiger partial charge in [0, 0.05) is 14.1 Å². The van der Waals surface area contributed by atoms with E-state index in [9.17, 15) is 18.0 Å². The number of amides is 1. The Morgan fingerprint density at radius 1 is 1.05 bits per heavy atom. The summed E-state index contributed by atoms with van der Waals surface area (Å²) in [6.45, 7) is 3.09. The third-order valence-corrected chi connectivity index (χ3v) is 8.55. The molecule has 1 aliphatic rings. The lowest BCUT2D eigenvalue weighted by atomic mass is 9.87. The van der Waals surface area contributed by atoms with Crippen molar-refractivity contribution in [2.75, 3.05) is 27.2 Å². The average molecular weight is 585 g/mol. The predicted octanol–water partition coefficient (Wildman–Crippen LogP) is 3.19. The minimum Gasteiger partial charge on any atom is -0.480 e. The highest BCUT2D eigenvalue weighted by atomic mass is 32.2. The zero-order chi connectivity index (χ0) is 34.1. The van der Waals surface area contributed by atoms with E-state index in [1.807, 2.05) is 0 Å². The van der Waals surface area contributed by atoms with Crippen LogP contribution in [0.5, 0.6) is 5.75 Å². The van der Waals surface area contributed by atoms with Crippen LogP contribution in [0.25, 0.3) is 0 Å². The first-order valence-corrected chi connectivity index (χ1v) is 14.5. The van der Waals surface area contributed by atoms with Crippen LogP contribution >= 0.6 is 0 Å². The van der Waals surface area contributed by atoms with Crippen molar-refractivity contribution in [2.45, 2.75) is 42.9 Å². The average Bonchev–Trinajstić information content (AvgIpc) is 3.00. The number of nitrogens with zero attached hydrogens (tertiary/aromatic N) is 2. The maximum atomic E-state index is 13.8. The van der Waals surface area contributed by atoms with Gasteiger partial charge in [-0.3, -0.25) is 9.59 Å². The van der Waals surface area contributed by atoms with Crippen molar-refractivity contribution in [3.05, 3.63) is 95.9 Å². The Labute approximate surface area is 248 Å². The van der Waals surface area contributed by atoms with Gasteiger partial charge < -0.3 is 20.1 Å². The number of rotatable bonds is 11. The molecular weight excluding hydrogens is 542 g/mol. The van der Waals surface area contributed by atoms with Gasteiger partial charge in [-0.25, -0.2) is 8.42 Å². The first-order chi connectivity index (χ1) is 21.5. The fourth-order valence-corrected chi connectivity index (χ4v) is 6.09. The third kappa shape index (κ3) is 6.78. The van der Waals surface area contributed by atoms with Gasteiger partial charge in [0.05, 0.1) is 24.8 Å². The molecule has 0 unspecified atom stereocenters. The normalized spacial score (nSPS) is 18.0. The van der Waals surface area contributed by atoms with E-state index in [1.165, 1.54) is 27.4 Å². The lowest BCUT2D eigenvalue weighted by molar-refractivity contribution is -0.163. The number of benzene rings is 3. The van der Waals surface area contributed by atoms with Crippen molar-refractivity contribution in [1.82, 2.24) is 9.21 Å². The Morgan fingerprint density at radius 3 is 2.32 bits per heavy atom. The van der Waals surface area contributed by atoms with Crippen molar-refractivity contribution >= 4 is 21.9 Å². The van der Waals surface area contributed by atoms with Gasteiger partial charge in [0.1, 0.15) is 11.8 Å². The molecule has 0 bridgehead atoms. The van der Waals surface area contributed by atoms with Gasteiger partial charge in [0.2, 0.25) is 10.0 Å². The number of esters is 1. The van der Waals surface area contributed by atoms with E-state index < -0.39 is 64.0 Å². The molecule has 1 fully saturated rings. The molecule has 3 aromatic rings. The molecule has 9 nitrogen and oxygen atoms in total. The molecule has 2 atom stereocenters. The number of nitrogens with two attached hydrogens (primary N) is 1. The van der Waals surface area contributed by atoms with Gasteiger partial charge in [0.25, 0.3) is 5.91 Å². The fraction of sp³-hybridized carbons (Fsp3) is 0.355. The van der Waals surface area contributed by atoms with Crippen molar-refractivity contribution in [2.24, 2.45) is 11.7 Å². The largest absolute Gasteiger partial charge is 0.480 e. The molecule has 0 aliphatic carbocycles. The van der Waals surface area contributed by atoms with Crippen LogP contribution < -0.4 is 10.5 Å². The van der Waals surface area contributed by atoms with Crippen LogP contribution in [0.15, 0.2) is 89.7 Å². The standard InChI is InChI=1S/C31H37N3O6S/c1-22(2)28(29(35)33(3)4)39-30(36)27(32)19-23-12-11-17-26(18-23)41(37,38)34-20-31(21-34,24-13-7-5-8-14-24)40-25-15-9-6-10-16-25/h5-18,22,27-28H,19-21,32H2,1-4H3/t27-,28-/m0/s1/i6D,9D,10D,15D,16D. The van der Waals surface area contributed by atoms with E-state index in [2.05, 4.69) is 0 Å². The topological polar surface area (TPSA) is 119 Å². The highest BCUT2D eigenvalue weighted by Gasteiger charge is 2.52. The Hall–Kier alpha value is -3.73. The van der Waals surface area contributed by atoms with Gasteiger partial charge in [-0.15, -0.1) is 0 Å². The van der Waals surface area contributed by atoms with Crippen LogP contribution in [-0.4, -0.2) is 68.8 Å². The van der Waals surface area contributed by atoms with Crippen LogP contribution in [0.2, 0.25) is 0 Å². The Kier molecular flexibility index (Phi) is 7.25. The van der Waals surface area contributed by atoms with Crippen molar-refractivity contribution < 1.29 is 34.3 Å². The predicted molar refractivity (Wildman–Crippen MR) is 155 cm³/mol. The smallest absolute Gasteiger partial charge is 0.324 e. The molecule has 0 aromatic heterocycles. The summed E-state index contributed by atoms with van der Waals surface area (Å²) >= 11 is 0. The zero-order valence-electron chi connectivity index (χ0n) is 28.4. The second-order valence-corrected chi connectivity index (χ2v) is 12.4. The van der Waals surface area contributed by atoms with Gasteiger partial charge in [0.15, 0.2) is 11.7 Å². The number of para-hydroxylation sites is 1. The lowest BCUT2D eigenvalue weighted by Crippen LogP contribution is -2.63. The molecule has 1 heterocycles. The molecule has 10 heteroatoms. The van der Waals surface area contributed by atoms with Gasteiger partial charge in [-0.2, -0.15) is 4.31 Å². The third-order valence-electron chi connectivity index (χ3n) is 6.77. The molecule has 0 saturated carbocycles. The molecule has 1 saturated heterocycles. The number of ether oxygens (including phenoxy) is 2. The summed E-state index contributed by atoms with van der Waals surface area (Å²) in [5.74, 6) is -1.83. The van der Waals surface area contributed by atoms with Crippen molar-refractivity contribution in [1.29, 1.82) is 0 Å². The number of carbonyl (C=O) groups is 2. The summed E-state index contributed by atoms with van der Waals surface area (Å²) in [5, 5.41) is 0. The Balaban J connectivity index is 1.55. The molecule has 4 rings (SSSR count). The van der Waals surface area contributed by atoms with E-state index in [0.29, 0.717) is 11.1 Å². The first-order valence-electron chi connectivity index (χ1n) is 15.6. The number of hydrogen-bond donors (Lipinski definition) is 1. The molecule has 41 heavy (non-hydrogen) atoms. The summed E-state index contributed by atoms with van der Waals surface area (Å²) in [7, 11) is -0.984. The van der Waals surface area contributed by atoms with Crippen LogP contribution in [0.1, 0.15) is 31.8 Å². The second kappa shape index (κ2) is 12.4. The number of hydrogen-bond acceptors (Lipinski definition) is 7. The SMILES string of the molecule is [2H]c1c([2H])c([2H])c(OC2(c3ccccc3)CN(S(=O)(=O)c3cccc(C[C@H](N)C(=O)O[C@H](C(=O)N(C)C)C(C)C)c3)C2)c([2H])c1[2H]. The summed E-state index contributed by atoms with van der Waals surface area (Å²) in [6.07, 6.45) is -1.06. The van der Waals surface area contributed by atoms with Crippen LogP contribution in [0, 0.1) is 5.92 Å². The van der Waals surface area contributed by atoms with Gasteiger partial charge in [-0.05, 0) is 47.7 Å². The van der Waals surface area contributed by atoms with Gasteiger partial charge in [-0.1, -0.05) is 74.4 Å². The second-order valence-electron chi connectivity index (χ2n) is 10.5. The highest BCUT2D eigenvalue weighted by molar-refractivity contribution is 7.89. The molecule has 0 radical (unpaired) electrons. The minimum absolute atomic E-state index is 0.0459. The zero-order valence-corrected chi connectivity index (χ0v) is 24.2. The van der Waals surface area contributed by atoms with E-state index in [-0.39, 0.29) is 42.0 Å². The summed E-state index contributed by atoms with van der Waals surface area (Å²) < 4.78 is 80.7. The number of carbonyl (C=O) groups excluding carboxylic acids is 2. The summed E-state index contributed by atoms with van der Waals surface area (Å²) in [5.41, 5.74) is 5.81.